The predicted molar refractivity (Wildman–Crippen MR) is 45.1 cm³/mol. The van der Waals surface area contributed by atoms with Crippen LogP contribution in [0.4, 0.5) is 4.39 Å². The molecule has 0 spiro atoms. The van der Waals surface area contributed by atoms with Gasteiger partial charge in [0.1, 0.15) is 11.3 Å². The first-order valence-corrected chi connectivity index (χ1v) is 3.98. The Morgan fingerprint density at radius 2 is 2.38 bits per heavy atom. The second-order valence-corrected chi connectivity index (χ2v) is 2.53. The third-order valence-electron chi connectivity index (χ3n) is 1.64. The zero-order valence-corrected chi connectivity index (χ0v) is 7.08. The van der Waals surface area contributed by atoms with Gasteiger partial charge in [0.05, 0.1) is 6.61 Å². The minimum atomic E-state index is -0.816. The van der Waals surface area contributed by atoms with Gasteiger partial charge in [-0.2, -0.15) is 4.98 Å². The monoisotopic (exact) mass is 181 g/mol. The molecule has 13 heavy (non-hydrogen) atoms. The van der Waals surface area contributed by atoms with Crippen molar-refractivity contribution in [3.05, 3.63) is 24.3 Å². The van der Waals surface area contributed by atoms with Crippen LogP contribution in [0, 0.1) is 6.14 Å². The number of hydrogen-bond acceptors (Lipinski definition) is 3. The fourth-order valence-corrected chi connectivity index (χ4v) is 1.13. The van der Waals surface area contributed by atoms with Gasteiger partial charge in [-0.1, -0.05) is 0 Å². The zero-order chi connectivity index (χ0) is 9.26. The summed E-state index contributed by atoms with van der Waals surface area (Å²) in [6, 6.07) is 5.01. The Hall–Kier alpha value is -1.58. The van der Waals surface area contributed by atoms with E-state index >= 15 is 0 Å². The highest BCUT2D eigenvalue weighted by Gasteiger charge is 2.04. The van der Waals surface area contributed by atoms with Crippen LogP contribution in [0.3, 0.4) is 0 Å². The van der Waals surface area contributed by atoms with E-state index in [1.54, 1.807) is 18.2 Å². The van der Waals surface area contributed by atoms with Crippen molar-refractivity contribution in [1.29, 1.82) is 0 Å². The third-order valence-corrected chi connectivity index (χ3v) is 1.64. The smallest absolute Gasteiger partial charge is 0.382 e. The van der Waals surface area contributed by atoms with Gasteiger partial charge in [-0.05, 0) is 19.1 Å². The first-order valence-electron chi connectivity index (χ1n) is 3.98. The number of hydrogen-bond donors (Lipinski definition) is 0. The fourth-order valence-electron chi connectivity index (χ4n) is 1.13. The minimum Gasteiger partial charge on any atom is -0.494 e. The van der Waals surface area contributed by atoms with E-state index in [1.165, 1.54) is 0 Å². The second kappa shape index (κ2) is 3.05. The molecule has 2 aromatic rings. The number of nitrogens with zero attached hydrogens (tertiary/aromatic N) is 1. The van der Waals surface area contributed by atoms with E-state index in [0.717, 1.165) is 0 Å². The molecule has 2 rings (SSSR count). The van der Waals surface area contributed by atoms with E-state index in [9.17, 15) is 4.39 Å². The number of fused-ring (bicyclic) bond motifs is 1. The summed E-state index contributed by atoms with van der Waals surface area (Å²) in [6.45, 7) is 2.45. The summed E-state index contributed by atoms with van der Waals surface area (Å²) in [5, 5.41) is 0. The highest BCUT2D eigenvalue weighted by atomic mass is 19.1. The number of halogens is 1. The molecule has 68 valence electrons. The molecule has 0 aliphatic carbocycles. The maximum atomic E-state index is 12.5. The summed E-state index contributed by atoms with van der Waals surface area (Å²) in [6.07, 6.45) is -0.816. The molecule has 1 aromatic carbocycles. The van der Waals surface area contributed by atoms with E-state index in [2.05, 4.69) is 4.98 Å². The summed E-state index contributed by atoms with van der Waals surface area (Å²) < 4.78 is 22.4. The lowest BCUT2D eigenvalue weighted by Gasteiger charge is -2.00. The number of ether oxygens (including phenoxy) is 1. The molecule has 0 bridgehead atoms. The van der Waals surface area contributed by atoms with E-state index in [-0.39, 0.29) is 0 Å². The van der Waals surface area contributed by atoms with Crippen molar-refractivity contribution in [1.82, 2.24) is 4.98 Å². The molecule has 0 radical (unpaired) electrons. The number of oxazole rings is 1. The molecular weight excluding hydrogens is 173 g/mol. The van der Waals surface area contributed by atoms with Crippen LogP contribution in [0.15, 0.2) is 22.6 Å². The summed E-state index contributed by atoms with van der Waals surface area (Å²) in [5.41, 5.74) is 0.907. The van der Waals surface area contributed by atoms with Gasteiger partial charge in [0, 0.05) is 6.07 Å². The van der Waals surface area contributed by atoms with Gasteiger partial charge >= 0.3 is 6.14 Å². The van der Waals surface area contributed by atoms with Crippen molar-refractivity contribution in [2.45, 2.75) is 6.92 Å². The summed E-state index contributed by atoms with van der Waals surface area (Å²) in [4.78, 5) is 3.53. The lowest BCUT2D eigenvalue weighted by atomic mass is 10.3. The fraction of sp³-hybridized carbons (Fsp3) is 0.222. The van der Waals surface area contributed by atoms with Crippen LogP contribution in [0.2, 0.25) is 0 Å². The van der Waals surface area contributed by atoms with Crippen LogP contribution < -0.4 is 4.74 Å². The van der Waals surface area contributed by atoms with Gasteiger partial charge in [0.15, 0.2) is 5.58 Å². The van der Waals surface area contributed by atoms with Crippen LogP contribution in [0.25, 0.3) is 11.1 Å². The average Bonchev–Trinajstić information content (AvgIpc) is 2.44. The molecule has 0 saturated carbocycles. The Morgan fingerprint density at radius 1 is 1.54 bits per heavy atom. The molecule has 0 saturated heterocycles. The molecule has 3 nitrogen and oxygen atoms in total. The number of benzene rings is 1. The Balaban J connectivity index is 2.48. The van der Waals surface area contributed by atoms with Crippen molar-refractivity contribution in [2.24, 2.45) is 0 Å². The quantitative estimate of drug-likeness (QED) is 0.713. The Bertz CT molecular complexity index is 424. The Kier molecular flexibility index (Phi) is 1.88. The predicted octanol–water partition coefficient (Wildman–Crippen LogP) is 2.37. The molecule has 0 N–H and O–H groups in total. The molecule has 4 heteroatoms. The van der Waals surface area contributed by atoms with Crippen LogP contribution >= 0.6 is 0 Å². The lowest BCUT2D eigenvalue weighted by Crippen LogP contribution is -1.90. The van der Waals surface area contributed by atoms with Crippen molar-refractivity contribution >= 4 is 11.1 Å². The molecule has 1 aromatic heterocycles. The Labute approximate surface area is 74.1 Å². The van der Waals surface area contributed by atoms with Crippen molar-refractivity contribution in [3.8, 4) is 5.75 Å². The van der Waals surface area contributed by atoms with E-state index < -0.39 is 6.14 Å². The molecule has 0 atom stereocenters. The van der Waals surface area contributed by atoms with E-state index in [1.807, 2.05) is 6.92 Å². The van der Waals surface area contributed by atoms with Gasteiger partial charge < -0.3 is 9.15 Å². The largest absolute Gasteiger partial charge is 0.494 e. The molecule has 0 fully saturated rings. The first kappa shape index (κ1) is 8.04. The third kappa shape index (κ3) is 1.47. The lowest BCUT2D eigenvalue weighted by molar-refractivity contribution is 0.337. The molecule has 0 unspecified atom stereocenters. The summed E-state index contributed by atoms with van der Waals surface area (Å²) in [5.74, 6) is 0.658. The number of aromatic nitrogens is 1. The normalized spacial score (nSPS) is 10.6. The zero-order valence-electron chi connectivity index (χ0n) is 7.08. The molecule has 0 aliphatic heterocycles. The van der Waals surface area contributed by atoms with Crippen molar-refractivity contribution < 1.29 is 13.5 Å². The van der Waals surface area contributed by atoms with Gasteiger partial charge in [0.25, 0.3) is 0 Å². The Morgan fingerprint density at radius 3 is 3.15 bits per heavy atom. The van der Waals surface area contributed by atoms with Gasteiger partial charge in [0.2, 0.25) is 0 Å². The van der Waals surface area contributed by atoms with Crippen molar-refractivity contribution in [2.75, 3.05) is 6.61 Å². The molecule has 0 aliphatic rings. The highest BCUT2D eigenvalue weighted by Crippen LogP contribution is 2.20. The first-order chi connectivity index (χ1) is 6.29. The van der Waals surface area contributed by atoms with E-state index in [0.29, 0.717) is 23.5 Å². The SMILES string of the molecule is CCOc1ccc2nc(F)oc2c1. The number of rotatable bonds is 2. The van der Waals surface area contributed by atoms with Gasteiger partial charge in [-0.25, -0.2) is 0 Å². The molecular formula is C9H8FNO2. The van der Waals surface area contributed by atoms with Crippen LogP contribution in [0.5, 0.6) is 5.75 Å². The summed E-state index contributed by atoms with van der Waals surface area (Å²) >= 11 is 0. The minimum absolute atomic E-state index is 0.406. The van der Waals surface area contributed by atoms with Gasteiger partial charge in [-0.15, -0.1) is 4.39 Å². The maximum Gasteiger partial charge on any atom is 0.382 e. The van der Waals surface area contributed by atoms with Crippen LogP contribution in [-0.4, -0.2) is 11.6 Å². The van der Waals surface area contributed by atoms with Crippen molar-refractivity contribution in [3.63, 3.8) is 0 Å². The maximum absolute atomic E-state index is 12.5. The van der Waals surface area contributed by atoms with Crippen LogP contribution in [-0.2, 0) is 0 Å². The average molecular weight is 181 g/mol. The van der Waals surface area contributed by atoms with E-state index in [4.69, 9.17) is 9.15 Å². The molecule has 0 amide bonds. The van der Waals surface area contributed by atoms with Crippen LogP contribution in [0.1, 0.15) is 6.92 Å². The molecule has 1 heterocycles. The standard InChI is InChI=1S/C9H8FNO2/c1-2-12-6-3-4-7-8(5-6)13-9(10)11-7/h3-5H,2H2,1H3. The second-order valence-electron chi connectivity index (χ2n) is 2.53. The highest BCUT2D eigenvalue weighted by molar-refractivity contribution is 5.73. The topological polar surface area (TPSA) is 35.3 Å². The summed E-state index contributed by atoms with van der Waals surface area (Å²) in [7, 11) is 0. The van der Waals surface area contributed by atoms with Gasteiger partial charge in [-0.3, -0.25) is 0 Å².